The molecule has 14 heteroatoms. The van der Waals surface area contributed by atoms with Gasteiger partial charge < -0.3 is 48.5 Å². The number of aliphatic hydroxyl groups excluding tert-OH is 2. The summed E-state index contributed by atoms with van der Waals surface area (Å²) in [7, 11) is 0. The van der Waals surface area contributed by atoms with E-state index in [1.165, 1.54) is 0 Å². The van der Waals surface area contributed by atoms with Gasteiger partial charge in [-0.05, 0) is 32.2 Å². The lowest BCUT2D eigenvalue weighted by atomic mass is 10.1. The molecule has 0 aliphatic rings. The van der Waals surface area contributed by atoms with Gasteiger partial charge in [-0.1, -0.05) is 0 Å². The first-order valence-electron chi connectivity index (χ1n) is 9.66. The normalized spacial score (nSPS) is 14.6. The lowest BCUT2D eigenvalue weighted by molar-refractivity contribution is -0.142. The second kappa shape index (κ2) is 15.1. The molecule has 0 radical (unpaired) electrons. The van der Waals surface area contributed by atoms with Gasteiger partial charge in [-0.3, -0.25) is 19.2 Å². The fourth-order valence-corrected chi connectivity index (χ4v) is 2.41. The number of rotatable bonds is 16. The largest absolute Gasteiger partial charge is 0.480 e. The van der Waals surface area contributed by atoms with Crippen molar-refractivity contribution in [2.75, 3.05) is 19.8 Å². The highest BCUT2D eigenvalue weighted by molar-refractivity contribution is 5.94. The predicted molar refractivity (Wildman–Crippen MR) is 107 cm³/mol. The molecule has 0 aromatic carbocycles. The number of carbonyl (C=O) groups is 5. The van der Waals surface area contributed by atoms with E-state index in [0.717, 1.165) is 0 Å². The molecular formula is C17H32N6O8. The summed E-state index contributed by atoms with van der Waals surface area (Å²) in [6, 6.07) is -5.39. The molecule has 0 fully saturated rings. The van der Waals surface area contributed by atoms with Crippen LogP contribution in [0.25, 0.3) is 0 Å². The van der Waals surface area contributed by atoms with Crippen LogP contribution in [-0.2, 0) is 24.0 Å². The van der Waals surface area contributed by atoms with Gasteiger partial charge in [0.1, 0.15) is 24.2 Å². The number of aliphatic carboxylic acids is 1. The van der Waals surface area contributed by atoms with Crippen LogP contribution in [0.3, 0.4) is 0 Å². The molecule has 0 heterocycles. The minimum absolute atomic E-state index is 0.0964. The van der Waals surface area contributed by atoms with Crippen molar-refractivity contribution in [3.8, 4) is 0 Å². The Balaban J connectivity index is 5.26. The van der Waals surface area contributed by atoms with E-state index >= 15 is 0 Å². The van der Waals surface area contributed by atoms with Crippen molar-refractivity contribution in [1.82, 2.24) is 16.0 Å². The summed E-state index contributed by atoms with van der Waals surface area (Å²) in [6.07, 6.45) is 0.521. The molecule has 0 saturated heterocycles. The van der Waals surface area contributed by atoms with Crippen molar-refractivity contribution in [3.05, 3.63) is 0 Å². The van der Waals surface area contributed by atoms with Crippen LogP contribution in [0.1, 0.15) is 32.1 Å². The predicted octanol–water partition coefficient (Wildman–Crippen LogP) is -4.77. The van der Waals surface area contributed by atoms with Crippen LogP contribution in [0, 0.1) is 0 Å². The lowest BCUT2D eigenvalue weighted by Crippen LogP contribution is -2.58. The van der Waals surface area contributed by atoms with Gasteiger partial charge >= 0.3 is 5.97 Å². The van der Waals surface area contributed by atoms with E-state index in [1.54, 1.807) is 0 Å². The fourth-order valence-electron chi connectivity index (χ4n) is 2.41. The lowest BCUT2D eigenvalue weighted by Gasteiger charge is -2.24. The van der Waals surface area contributed by atoms with Crippen LogP contribution >= 0.6 is 0 Å². The van der Waals surface area contributed by atoms with E-state index < -0.39 is 67.0 Å². The van der Waals surface area contributed by atoms with Gasteiger partial charge in [-0.2, -0.15) is 0 Å². The number of aliphatic hydroxyl groups is 2. The van der Waals surface area contributed by atoms with Gasteiger partial charge in [-0.25, -0.2) is 4.79 Å². The Morgan fingerprint density at radius 3 is 1.81 bits per heavy atom. The molecule has 0 rings (SSSR count). The highest BCUT2D eigenvalue weighted by atomic mass is 16.4. The van der Waals surface area contributed by atoms with Crippen LogP contribution < -0.4 is 33.2 Å². The van der Waals surface area contributed by atoms with Gasteiger partial charge in [0, 0.05) is 6.42 Å². The van der Waals surface area contributed by atoms with Crippen LogP contribution in [0.4, 0.5) is 0 Å². The van der Waals surface area contributed by atoms with Crippen molar-refractivity contribution in [3.63, 3.8) is 0 Å². The minimum atomic E-state index is -1.46. The minimum Gasteiger partial charge on any atom is -0.480 e. The first-order valence-corrected chi connectivity index (χ1v) is 9.66. The summed E-state index contributed by atoms with van der Waals surface area (Å²) in [4.78, 5) is 59.0. The third kappa shape index (κ3) is 11.2. The smallest absolute Gasteiger partial charge is 0.326 e. The summed E-state index contributed by atoms with van der Waals surface area (Å²) in [5, 5.41) is 34.2. The average Bonchev–Trinajstić information content (AvgIpc) is 2.72. The Kier molecular flexibility index (Phi) is 13.7. The number of carbonyl (C=O) groups excluding carboxylic acids is 4. The van der Waals surface area contributed by atoms with Gasteiger partial charge in [0.25, 0.3) is 0 Å². The number of unbranched alkanes of at least 4 members (excludes halogenated alkanes) is 1. The monoisotopic (exact) mass is 448 g/mol. The topological polar surface area (TPSA) is 260 Å². The van der Waals surface area contributed by atoms with Crippen LogP contribution in [0.15, 0.2) is 0 Å². The molecule has 0 saturated carbocycles. The molecule has 0 bridgehead atoms. The van der Waals surface area contributed by atoms with E-state index in [-0.39, 0.29) is 19.3 Å². The summed E-state index contributed by atoms with van der Waals surface area (Å²) in [6.45, 7) is -1.17. The van der Waals surface area contributed by atoms with E-state index in [9.17, 15) is 34.2 Å². The van der Waals surface area contributed by atoms with E-state index in [4.69, 9.17) is 22.3 Å². The number of carboxylic acid groups (broad SMARTS) is 1. The third-order valence-electron chi connectivity index (χ3n) is 4.22. The zero-order valence-corrected chi connectivity index (χ0v) is 17.1. The SMILES string of the molecule is NCCCCC(NC(=O)C(CO)NC(=O)C(N)CO)C(=O)NC(CCC(N)=O)C(=O)O. The number of nitrogens with two attached hydrogens (primary N) is 3. The molecule has 4 atom stereocenters. The number of carboxylic acids is 1. The third-order valence-corrected chi connectivity index (χ3v) is 4.22. The Bertz CT molecular complexity index is 632. The molecule has 4 amide bonds. The number of nitrogens with one attached hydrogen (secondary N) is 3. The second-order valence-electron chi connectivity index (χ2n) is 6.78. The molecule has 12 N–H and O–H groups in total. The van der Waals surface area contributed by atoms with Crippen molar-refractivity contribution in [1.29, 1.82) is 0 Å². The molecular weight excluding hydrogens is 416 g/mol. The molecule has 0 aromatic rings. The van der Waals surface area contributed by atoms with Crippen molar-refractivity contribution < 1.29 is 39.3 Å². The van der Waals surface area contributed by atoms with Crippen LogP contribution in [0.2, 0.25) is 0 Å². The number of primary amides is 1. The molecule has 0 aliphatic carbocycles. The average molecular weight is 448 g/mol. The molecule has 0 aromatic heterocycles. The Morgan fingerprint density at radius 1 is 0.774 bits per heavy atom. The Hall–Kier alpha value is -2.81. The summed E-state index contributed by atoms with van der Waals surface area (Å²) >= 11 is 0. The zero-order valence-electron chi connectivity index (χ0n) is 17.1. The van der Waals surface area contributed by atoms with Gasteiger partial charge in [0.2, 0.25) is 23.6 Å². The van der Waals surface area contributed by atoms with Crippen molar-refractivity contribution in [2.24, 2.45) is 17.2 Å². The summed E-state index contributed by atoms with van der Waals surface area (Å²) in [5.41, 5.74) is 15.8. The summed E-state index contributed by atoms with van der Waals surface area (Å²) < 4.78 is 0. The molecule has 14 nitrogen and oxygen atoms in total. The Labute approximate surface area is 178 Å². The van der Waals surface area contributed by atoms with E-state index in [0.29, 0.717) is 19.4 Å². The van der Waals surface area contributed by atoms with Crippen molar-refractivity contribution in [2.45, 2.75) is 56.3 Å². The number of hydrogen-bond donors (Lipinski definition) is 9. The first-order chi connectivity index (χ1) is 14.6. The first kappa shape index (κ1) is 28.2. The molecule has 0 aliphatic heterocycles. The van der Waals surface area contributed by atoms with Gasteiger partial charge in [-0.15, -0.1) is 0 Å². The summed E-state index contributed by atoms with van der Waals surface area (Å²) in [5.74, 6) is -4.77. The number of amides is 4. The maximum atomic E-state index is 12.6. The zero-order chi connectivity index (χ0) is 24.0. The quantitative estimate of drug-likeness (QED) is 0.102. The van der Waals surface area contributed by atoms with Gasteiger partial charge in [0.05, 0.1) is 13.2 Å². The van der Waals surface area contributed by atoms with E-state index in [2.05, 4.69) is 16.0 Å². The fraction of sp³-hybridized carbons (Fsp3) is 0.706. The maximum absolute atomic E-state index is 12.6. The second-order valence-corrected chi connectivity index (χ2v) is 6.78. The van der Waals surface area contributed by atoms with Gasteiger partial charge in [0.15, 0.2) is 0 Å². The highest BCUT2D eigenvalue weighted by Gasteiger charge is 2.29. The molecule has 0 spiro atoms. The molecule has 31 heavy (non-hydrogen) atoms. The maximum Gasteiger partial charge on any atom is 0.326 e. The van der Waals surface area contributed by atoms with E-state index in [1.807, 2.05) is 0 Å². The van der Waals surface area contributed by atoms with Crippen LogP contribution in [-0.4, -0.2) is 88.8 Å². The standard InChI is InChI=1S/C17H32N6O8/c18-6-2-1-3-10(15(28)22-11(17(30)31)4-5-13(20)26)21-16(29)12(8-25)23-14(27)9(19)7-24/h9-12,24-25H,1-8,18-19H2,(H2,20,26)(H,21,29)(H,22,28)(H,23,27)(H,30,31). The highest BCUT2D eigenvalue weighted by Crippen LogP contribution is 2.05. The van der Waals surface area contributed by atoms with Crippen LogP contribution in [0.5, 0.6) is 0 Å². The Morgan fingerprint density at radius 2 is 1.32 bits per heavy atom. The van der Waals surface area contributed by atoms with Crippen molar-refractivity contribution >= 4 is 29.6 Å². The number of hydrogen-bond acceptors (Lipinski definition) is 9. The molecule has 4 unspecified atom stereocenters. The molecule has 178 valence electrons.